The van der Waals surface area contributed by atoms with E-state index in [-0.39, 0.29) is 5.91 Å². The summed E-state index contributed by atoms with van der Waals surface area (Å²) in [5, 5.41) is 3.03. The van der Waals surface area contributed by atoms with Crippen molar-refractivity contribution in [2.75, 3.05) is 43.4 Å². The van der Waals surface area contributed by atoms with Crippen molar-refractivity contribution >= 4 is 17.3 Å². The molecule has 1 N–H and O–H groups in total. The first-order valence-corrected chi connectivity index (χ1v) is 10.6. The Kier molecular flexibility index (Phi) is 6.48. The smallest absolute Gasteiger partial charge is 0.255 e. The van der Waals surface area contributed by atoms with Crippen LogP contribution in [0.1, 0.15) is 21.5 Å². The van der Waals surface area contributed by atoms with E-state index in [1.165, 1.54) is 5.69 Å². The molecule has 2 heterocycles. The number of hydrogen-bond acceptors (Lipinski definition) is 5. The molecular weight excluding hydrogens is 388 g/mol. The van der Waals surface area contributed by atoms with Crippen molar-refractivity contribution in [1.29, 1.82) is 0 Å². The van der Waals surface area contributed by atoms with E-state index in [1.54, 1.807) is 24.5 Å². The number of pyridine rings is 1. The molecule has 1 aromatic heterocycles. The van der Waals surface area contributed by atoms with Crippen molar-refractivity contribution in [2.45, 2.75) is 13.5 Å². The monoisotopic (exact) mass is 416 g/mol. The Morgan fingerprint density at radius 3 is 2.52 bits per heavy atom. The van der Waals surface area contributed by atoms with Gasteiger partial charge in [0.2, 0.25) is 0 Å². The fourth-order valence-electron chi connectivity index (χ4n) is 3.60. The lowest BCUT2D eigenvalue weighted by atomic mass is 10.1. The maximum Gasteiger partial charge on any atom is 0.255 e. The van der Waals surface area contributed by atoms with Gasteiger partial charge in [0, 0.05) is 61.1 Å². The third-order valence-electron chi connectivity index (χ3n) is 5.57. The van der Waals surface area contributed by atoms with E-state index in [1.807, 2.05) is 37.3 Å². The van der Waals surface area contributed by atoms with Crippen LogP contribution in [0.3, 0.4) is 0 Å². The van der Waals surface area contributed by atoms with Gasteiger partial charge in [-0.3, -0.25) is 9.78 Å². The summed E-state index contributed by atoms with van der Waals surface area (Å²) in [7, 11) is 2.15. The van der Waals surface area contributed by atoms with Crippen LogP contribution in [0.25, 0.3) is 0 Å². The van der Waals surface area contributed by atoms with Crippen LogP contribution >= 0.6 is 0 Å². The summed E-state index contributed by atoms with van der Waals surface area (Å²) in [4.78, 5) is 21.5. The molecule has 1 fully saturated rings. The number of nitrogens with one attached hydrogen (secondary N) is 1. The number of aromatic nitrogens is 1. The predicted octanol–water partition coefficient (Wildman–Crippen LogP) is 3.97. The number of benzene rings is 2. The molecule has 0 aliphatic carbocycles. The highest BCUT2D eigenvalue weighted by molar-refractivity contribution is 6.04. The van der Waals surface area contributed by atoms with Gasteiger partial charge in [-0.1, -0.05) is 6.07 Å². The van der Waals surface area contributed by atoms with Gasteiger partial charge in [-0.2, -0.15) is 0 Å². The second-order valence-corrected chi connectivity index (χ2v) is 7.92. The second-order valence-electron chi connectivity index (χ2n) is 7.92. The van der Waals surface area contributed by atoms with E-state index in [4.69, 9.17) is 4.74 Å². The van der Waals surface area contributed by atoms with Crippen molar-refractivity contribution in [2.24, 2.45) is 0 Å². The van der Waals surface area contributed by atoms with Crippen LogP contribution in [0.15, 0.2) is 67.0 Å². The van der Waals surface area contributed by atoms with Crippen LogP contribution in [-0.4, -0.2) is 49.0 Å². The van der Waals surface area contributed by atoms with Gasteiger partial charge in [-0.15, -0.1) is 0 Å². The van der Waals surface area contributed by atoms with Crippen molar-refractivity contribution in [3.05, 3.63) is 83.7 Å². The summed E-state index contributed by atoms with van der Waals surface area (Å²) in [5.41, 5.74) is 4.69. The van der Waals surface area contributed by atoms with Crippen LogP contribution in [-0.2, 0) is 6.61 Å². The van der Waals surface area contributed by atoms with Crippen LogP contribution in [0.2, 0.25) is 0 Å². The van der Waals surface area contributed by atoms with Crippen molar-refractivity contribution in [3.8, 4) is 5.75 Å². The molecule has 160 valence electrons. The SMILES string of the molecule is Cc1cc(N2CCN(C)CC2)ccc1NC(=O)c1ccc(OCc2cccnc2)cc1. The summed E-state index contributed by atoms with van der Waals surface area (Å²) in [6, 6.07) is 17.3. The van der Waals surface area contributed by atoms with E-state index in [0.29, 0.717) is 17.9 Å². The maximum atomic E-state index is 12.7. The molecule has 3 aromatic rings. The lowest BCUT2D eigenvalue weighted by Gasteiger charge is -2.34. The largest absolute Gasteiger partial charge is 0.489 e. The number of amides is 1. The molecule has 4 rings (SSSR count). The second kappa shape index (κ2) is 9.62. The predicted molar refractivity (Wildman–Crippen MR) is 124 cm³/mol. The molecule has 0 atom stereocenters. The molecule has 2 aromatic carbocycles. The molecule has 6 heteroatoms. The third kappa shape index (κ3) is 5.41. The van der Waals surface area contributed by atoms with Crippen LogP contribution < -0.4 is 15.0 Å². The maximum absolute atomic E-state index is 12.7. The third-order valence-corrected chi connectivity index (χ3v) is 5.57. The van der Waals surface area contributed by atoms with Gasteiger partial charge in [0.25, 0.3) is 5.91 Å². The number of hydrogen-bond donors (Lipinski definition) is 1. The Morgan fingerprint density at radius 2 is 1.84 bits per heavy atom. The fraction of sp³-hybridized carbons (Fsp3) is 0.280. The highest BCUT2D eigenvalue weighted by Gasteiger charge is 2.15. The molecule has 6 nitrogen and oxygen atoms in total. The van der Waals surface area contributed by atoms with Gasteiger partial charge in [-0.05, 0) is 68.1 Å². The molecule has 1 aliphatic rings. The average molecular weight is 417 g/mol. The lowest BCUT2D eigenvalue weighted by molar-refractivity contribution is 0.102. The topological polar surface area (TPSA) is 57.7 Å². The molecular formula is C25H28N4O2. The number of likely N-dealkylation sites (N-methyl/N-ethyl adjacent to an activating group) is 1. The molecule has 0 saturated carbocycles. The zero-order valence-corrected chi connectivity index (χ0v) is 18.0. The molecule has 1 aliphatic heterocycles. The summed E-state index contributed by atoms with van der Waals surface area (Å²) in [6.45, 7) is 6.66. The van der Waals surface area contributed by atoms with E-state index in [0.717, 1.165) is 43.0 Å². The van der Waals surface area contributed by atoms with Crippen molar-refractivity contribution < 1.29 is 9.53 Å². The Bertz CT molecular complexity index is 1010. The number of piperazine rings is 1. The molecule has 0 radical (unpaired) electrons. The highest BCUT2D eigenvalue weighted by Crippen LogP contribution is 2.24. The molecule has 1 amide bonds. The first kappa shape index (κ1) is 20.9. The number of carbonyl (C=O) groups excluding carboxylic acids is 1. The summed E-state index contributed by atoms with van der Waals surface area (Å²) in [6.07, 6.45) is 3.51. The zero-order valence-electron chi connectivity index (χ0n) is 18.0. The first-order valence-electron chi connectivity index (χ1n) is 10.6. The molecule has 1 saturated heterocycles. The number of nitrogens with zero attached hydrogens (tertiary/aromatic N) is 3. The fourth-order valence-corrected chi connectivity index (χ4v) is 3.60. The summed E-state index contributed by atoms with van der Waals surface area (Å²) >= 11 is 0. The van der Waals surface area contributed by atoms with E-state index >= 15 is 0 Å². The Morgan fingerprint density at radius 1 is 1.06 bits per heavy atom. The Balaban J connectivity index is 1.35. The first-order chi connectivity index (χ1) is 15.1. The van der Waals surface area contributed by atoms with E-state index < -0.39 is 0 Å². The number of carbonyl (C=O) groups is 1. The Hall–Kier alpha value is -3.38. The normalized spacial score (nSPS) is 14.3. The van der Waals surface area contributed by atoms with Crippen LogP contribution in [0.5, 0.6) is 5.75 Å². The van der Waals surface area contributed by atoms with Gasteiger partial charge in [0.05, 0.1) is 0 Å². The number of aryl methyl sites for hydroxylation is 1. The van der Waals surface area contributed by atoms with Gasteiger partial charge in [0.1, 0.15) is 12.4 Å². The van der Waals surface area contributed by atoms with Gasteiger partial charge >= 0.3 is 0 Å². The van der Waals surface area contributed by atoms with Crippen LogP contribution in [0, 0.1) is 6.92 Å². The van der Waals surface area contributed by atoms with Gasteiger partial charge in [-0.25, -0.2) is 0 Å². The molecule has 31 heavy (non-hydrogen) atoms. The zero-order chi connectivity index (χ0) is 21.6. The quantitative estimate of drug-likeness (QED) is 0.659. The minimum Gasteiger partial charge on any atom is -0.489 e. The number of rotatable bonds is 6. The van der Waals surface area contributed by atoms with E-state index in [9.17, 15) is 4.79 Å². The van der Waals surface area contributed by atoms with Gasteiger partial charge in [0.15, 0.2) is 0 Å². The minimum atomic E-state index is -0.130. The summed E-state index contributed by atoms with van der Waals surface area (Å²) in [5.74, 6) is 0.586. The lowest BCUT2D eigenvalue weighted by Crippen LogP contribution is -2.44. The minimum absolute atomic E-state index is 0.130. The highest BCUT2D eigenvalue weighted by atomic mass is 16.5. The number of anilines is 2. The van der Waals surface area contributed by atoms with E-state index in [2.05, 4.69) is 39.3 Å². The number of ether oxygens (including phenoxy) is 1. The standard InChI is InChI=1S/C25H28N4O2/c1-19-16-22(29-14-12-28(2)13-15-29)7-10-24(19)27-25(30)21-5-8-23(9-6-21)31-18-20-4-3-11-26-17-20/h3-11,16-17H,12-15,18H2,1-2H3,(H,27,30). The average Bonchev–Trinajstić information content (AvgIpc) is 2.80. The summed E-state index contributed by atoms with van der Waals surface area (Å²) < 4.78 is 5.76. The van der Waals surface area contributed by atoms with Crippen molar-refractivity contribution in [3.63, 3.8) is 0 Å². The molecule has 0 unspecified atom stereocenters. The molecule has 0 bridgehead atoms. The Labute approximate surface area is 183 Å². The van der Waals surface area contributed by atoms with Crippen LogP contribution in [0.4, 0.5) is 11.4 Å². The molecule has 0 spiro atoms. The van der Waals surface area contributed by atoms with Gasteiger partial charge < -0.3 is 19.9 Å². The van der Waals surface area contributed by atoms with Crippen molar-refractivity contribution in [1.82, 2.24) is 9.88 Å².